The standard InChI is InChI=1S/C24H27N3O/c1-16-11-13-19(14-12-16)15-27-18(3)23(17(2)26-27)24(28)25-22-10-6-8-20-7-4-5-9-21(20)22/h4-5,7,9,11-14,22H,6,8,10,15H2,1-3H3,(H,25,28). The van der Waals surface area contributed by atoms with Crippen LogP contribution in [0, 0.1) is 20.8 Å². The number of hydrogen-bond acceptors (Lipinski definition) is 2. The highest BCUT2D eigenvalue weighted by Crippen LogP contribution is 2.30. The monoisotopic (exact) mass is 373 g/mol. The van der Waals surface area contributed by atoms with E-state index in [0.717, 1.165) is 30.7 Å². The van der Waals surface area contributed by atoms with Crippen LogP contribution in [0.4, 0.5) is 0 Å². The minimum Gasteiger partial charge on any atom is -0.345 e. The molecule has 28 heavy (non-hydrogen) atoms. The van der Waals surface area contributed by atoms with E-state index in [0.29, 0.717) is 12.1 Å². The molecule has 0 aliphatic heterocycles. The van der Waals surface area contributed by atoms with Gasteiger partial charge in [0.2, 0.25) is 0 Å². The van der Waals surface area contributed by atoms with Gasteiger partial charge in [-0.3, -0.25) is 9.48 Å². The third-order valence-electron chi connectivity index (χ3n) is 5.74. The predicted octanol–water partition coefficient (Wildman–Crippen LogP) is 4.66. The van der Waals surface area contributed by atoms with Gasteiger partial charge < -0.3 is 5.32 Å². The van der Waals surface area contributed by atoms with Crippen molar-refractivity contribution in [2.75, 3.05) is 0 Å². The van der Waals surface area contributed by atoms with Gasteiger partial charge in [-0.05, 0) is 56.7 Å². The molecule has 2 aromatic carbocycles. The van der Waals surface area contributed by atoms with E-state index in [1.165, 1.54) is 22.3 Å². The summed E-state index contributed by atoms with van der Waals surface area (Å²) in [6.45, 7) is 6.66. The van der Waals surface area contributed by atoms with Crippen LogP contribution < -0.4 is 5.32 Å². The van der Waals surface area contributed by atoms with Gasteiger partial charge in [0.1, 0.15) is 0 Å². The lowest BCUT2D eigenvalue weighted by Gasteiger charge is -2.26. The number of benzene rings is 2. The summed E-state index contributed by atoms with van der Waals surface area (Å²) in [5.41, 5.74) is 7.43. The fraction of sp³-hybridized carbons (Fsp3) is 0.333. The van der Waals surface area contributed by atoms with Crippen molar-refractivity contribution < 1.29 is 4.79 Å². The molecule has 1 heterocycles. The molecule has 144 valence electrons. The molecule has 1 aliphatic rings. The van der Waals surface area contributed by atoms with Gasteiger partial charge in [-0.2, -0.15) is 5.10 Å². The second-order valence-electron chi connectivity index (χ2n) is 7.81. The molecule has 4 nitrogen and oxygen atoms in total. The number of aryl methyl sites for hydroxylation is 3. The van der Waals surface area contributed by atoms with Gasteiger partial charge in [-0.1, -0.05) is 54.1 Å². The average molecular weight is 374 g/mol. The summed E-state index contributed by atoms with van der Waals surface area (Å²) in [6.07, 6.45) is 3.18. The van der Waals surface area contributed by atoms with Crippen molar-refractivity contribution in [2.24, 2.45) is 0 Å². The Morgan fingerprint density at radius 3 is 2.64 bits per heavy atom. The third-order valence-corrected chi connectivity index (χ3v) is 5.74. The lowest BCUT2D eigenvalue weighted by atomic mass is 9.87. The molecule has 1 unspecified atom stereocenters. The first-order chi connectivity index (χ1) is 13.5. The number of carbonyl (C=O) groups excluding carboxylic acids is 1. The van der Waals surface area contributed by atoms with Gasteiger partial charge in [0.15, 0.2) is 0 Å². The van der Waals surface area contributed by atoms with Crippen LogP contribution in [-0.2, 0) is 13.0 Å². The molecule has 0 saturated heterocycles. The number of nitrogens with one attached hydrogen (secondary N) is 1. The van der Waals surface area contributed by atoms with E-state index < -0.39 is 0 Å². The van der Waals surface area contributed by atoms with Crippen LogP contribution >= 0.6 is 0 Å². The molecule has 0 fully saturated rings. The van der Waals surface area contributed by atoms with Crippen LogP contribution in [0.1, 0.15) is 62.9 Å². The largest absolute Gasteiger partial charge is 0.345 e. The van der Waals surface area contributed by atoms with Crippen molar-refractivity contribution in [3.63, 3.8) is 0 Å². The molecular weight excluding hydrogens is 346 g/mol. The van der Waals surface area contributed by atoms with Gasteiger partial charge >= 0.3 is 0 Å². The van der Waals surface area contributed by atoms with E-state index in [1.807, 2.05) is 18.5 Å². The minimum absolute atomic E-state index is 0.0214. The first-order valence-corrected chi connectivity index (χ1v) is 10.0. The molecule has 4 rings (SSSR count). The number of nitrogens with zero attached hydrogens (tertiary/aromatic N) is 2. The van der Waals surface area contributed by atoms with Crippen LogP contribution in [-0.4, -0.2) is 15.7 Å². The van der Waals surface area contributed by atoms with E-state index in [-0.39, 0.29) is 11.9 Å². The van der Waals surface area contributed by atoms with Crippen molar-refractivity contribution in [3.05, 3.63) is 87.7 Å². The molecule has 0 saturated carbocycles. The highest BCUT2D eigenvalue weighted by Gasteiger charge is 2.25. The normalized spacial score (nSPS) is 15.9. The number of fused-ring (bicyclic) bond motifs is 1. The summed E-state index contributed by atoms with van der Waals surface area (Å²) < 4.78 is 1.93. The molecular formula is C24H27N3O. The number of hydrogen-bond donors (Lipinski definition) is 1. The lowest BCUT2D eigenvalue weighted by Crippen LogP contribution is -2.31. The van der Waals surface area contributed by atoms with Crippen LogP contribution in [0.2, 0.25) is 0 Å². The van der Waals surface area contributed by atoms with E-state index in [2.05, 4.69) is 65.9 Å². The molecule has 1 amide bonds. The maximum atomic E-state index is 13.1. The number of rotatable bonds is 4. The molecule has 4 heteroatoms. The van der Waals surface area contributed by atoms with Crippen LogP contribution in [0.5, 0.6) is 0 Å². The summed E-state index contributed by atoms with van der Waals surface area (Å²) >= 11 is 0. The maximum Gasteiger partial charge on any atom is 0.255 e. The van der Waals surface area contributed by atoms with Crippen molar-refractivity contribution >= 4 is 5.91 Å². The highest BCUT2D eigenvalue weighted by atomic mass is 16.1. The third kappa shape index (κ3) is 3.59. The van der Waals surface area contributed by atoms with Gasteiger partial charge in [0, 0.05) is 5.69 Å². The Balaban J connectivity index is 1.55. The maximum absolute atomic E-state index is 13.1. The quantitative estimate of drug-likeness (QED) is 0.723. The smallest absolute Gasteiger partial charge is 0.255 e. The summed E-state index contributed by atoms with van der Waals surface area (Å²) in [5.74, 6) is -0.0214. The van der Waals surface area contributed by atoms with E-state index in [4.69, 9.17) is 0 Å². The number of amides is 1. The molecule has 1 aromatic heterocycles. The Kier molecular flexibility index (Phi) is 5.03. The van der Waals surface area contributed by atoms with Crippen LogP contribution in [0.15, 0.2) is 48.5 Å². The molecule has 1 aliphatic carbocycles. The van der Waals surface area contributed by atoms with Gasteiger partial charge in [0.05, 0.1) is 23.8 Å². The number of carbonyl (C=O) groups is 1. The zero-order valence-corrected chi connectivity index (χ0v) is 16.8. The molecule has 0 radical (unpaired) electrons. The van der Waals surface area contributed by atoms with Gasteiger partial charge in [-0.25, -0.2) is 0 Å². The Morgan fingerprint density at radius 2 is 1.86 bits per heavy atom. The highest BCUT2D eigenvalue weighted by molar-refractivity contribution is 5.96. The predicted molar refractivity (Wildman–Crippen MR) is 112 cm³/mol. The van der Waals surface area contributed by atoms with E-state index >= 15 is 0 Å². The first-order valence-electron chi connectivity index (χ1n) is 10.0. The van der Waals surface area contributed by atoms with Crippen molar-refractivity contribution in [2.45, 2.75) is 52.6 Å². The van der Waals surface area contributed by atoms with Crippen LogP contribution in [0.3, 0.4) is 0 Å². The Labute approximate surface area is 166 Å². The summed E-state index contributed by atoms with van der Waals surface area (Å²) in [6, 6.07) is 17.0. The summed E-state index contributed by atoms with van der Waals surface area (Å²) in [4.78, 5) is 13.1. The fourth-order valence-corrected chi connectivity index (χ4v) is 4.18. The van der Waals surface area contributed by atoms with Crippen molar-refractivity contribution in [1.29, 1.82) is 0 Å². The summed E-state index contributed by atoms with van der Waals surface area (Å²) in [5, 5.41) is 7.91. The molecule has 0 bridgehead atoms. The zero-order valence-electron chi connectivity index (χ0n) is 16.8. The second-order valence-corrected chi connectivity index (χ2v) is 7.81. The lowest BCUT2D eigenvalue weighted by molar-refractivity contribution is 0.0931. The first kappa shape index (κ1) is 18.5. The van der Waals surface area contributed by atoms with Crippen molar-refractivity contribution in [3.8, 4) is 0 Å². The molecule has 1 atom stereocenters. The Hall–Kier alpha value is -2.88. The fourth-order valence-electron chi connectivity index (χ4n) is 4.18. The number of aromatic nitrogens is 2. The molecule has 3 aromatic rings. The Bertz CT molecular complexity index is 1000. The topological polar surface area (TPSA) is 46.9 Å². The SMILES string of the molecule is Cc1ccc(Cn2nc(C)c(C(=O)NC3CCCc4ccccc43)c2C)cc1. The minimum atomic E-state index is -0.0214. The van der Waals surface area contributed by atoms with Crippen LogP contribution in [0.25, 0.3) is 0 Å². The van der Waals surface area contributed by atoms with Gasteiger partial charge in [0.25, 0.3) is 5.91 Å². The van der Waals surface area contributed by atoms with Crippen molar-refractivity contribution in [1.82, 2.24) is 15.1 Å². The second kappa shape index (κ2) is 7.63. The molecule has 1 N–H and O–H groups in total. The van der Waals surface area contributed by atoms with E-state index in [1.54, 1.807) is 0 Å². The zero-order chi connectivity index (χ0) is 19.7. The Morgan fingerprint density at radius 1 is 1.11 bits per heavy atom. The van der Waals surface area contributed by atoms with E-state index in [9.17, 15) is 4.79 Å². The summed E-state index contributed by atoms with van der Waals surface area (Å²) in [7, 11) is 0. The average Bonchev–Trinajstić information content (AvgIpc) is 2.97. The van der Waals surface area contributed by atoms with Gasteiger partial charge in [-0.15, -0.1) is 0 Å². The molecule has 0 spiro atoms.